The van der Waals surface area contributed by atoms with Crippen LogP contribution in [-0.2, 0) is 11.3 Å². The first-order chi connectivity index (χ1) is 7.59. The van der Waals surface area contributed by atoms with E-state index < -0.39 is 5.97 Å². The Morgan fingerprint density at radius 2 is 2.25 bits per heavy atom. The van der Waals surface area contributed by atoms with Gasteiger partial charge in [0.2, 0.25) is 0 Å². The normalized spacial score (nSPS) is 10.6. The number of Topliss-reactive ketones (excluding diaryl/α,β-unsaturated/α-hetero) is 1. The maximum Gasteiger partial charge on any atom is 0.323 e. The topological polar surface area (TPSA) is 85.1 Å². The number of hydrogen-bond donors (Lipinski definition) is 1. The highest BCUT2D eigenvalue weighted by Crippen LogP contribution is 2.18. The predicted molar refractivity (Wildman–Crippen MR) is 55.2 cm³/mol. The van der Waals surface area contributed by atoms with Gasteiger partial charge in [0.25, 0.3) is 0 Å². The van der Waals surface area contributed by atoms with Gasteiger partial charge in [-0.15, -0.1) is 5.10 Å². The van der Waals surface area contributed by atoms with Crippen molar-refractivity contribution in [2.45, 2.75) is 13.5 Å². The van der Waals surface area contributed by atoms with Crippen LogP contribution in [-0.4, -0.2) is 31.6 Å². The summed E-state index contributed by atoms with van der Waals surface area (Å²) in [5, 5.41) is 16.9. The van der Waals surface area contributed by atoms with Crippen molar-refractivity contribution in [3.8, 4) is 0 Å². The van der Waals surface area contributed by atoms with Crippen LogP contribution in [0.2, 0.25) is 0 Å². The van der Waals surface area contributed by atoms with Gasteiger partial charge >= 0.3 is 5.97 Å². The highest BCUT2D eigenvalue weighted by molar-refractivity contribution is 6.06. The SMILES string of the molecule is CC(=O)c1cn(CC(=O)O)c2nnccc12. The second kappa shape index (κ2) is 3.73. The molecule has 2 aromatic rings. The summed E-state index contributed by atoms with van der Waals surface area (Å²) in [4.78, 5) is 22.0. The van der Waals surface area contributed by atoms with Crippen molar-refractivity contribution in [1.29, 1.82) is 0 Å². The van der Waals surface area contributed by atoms with E-state index in [0.29, 0.717) is 16.6 Å². The van der Waals surface area contributed by atoms with Crippen molar-refractivity contribution < 1.29 is 14.7 Å². The third-order valence-electron chi connectivity index (χ3n) is 2.23. The molecular weight excluding hydrogens is 210 g/mol. The minimum atomic E-state index is -0.988. The molecule has 0 aliphatic carbocycles. The van der Waals surface area contributed by atoms with E-state index in [0.717, 1.165) is 0 Å². The first kappa shape index (κ1) is 10.3. The van der Waals surface area contributed by atoms with Crippen LogP contribution in [0.3, 0.4) is 0 Å². The first-order valence-electron chi connectivity index (χ1n) is 4.63. The van der Waals surface area contributed by atoms with Crippen molar-refractivity contribution in [1.82, 2.24) is 14.8 Å². The first-order valence-corrected chi connectivity index (χ1v) is 4.63. The largest absolute Gasteiger partial charge is 0.480 e. The minimum Gasteiger partial charge on any atom is -0.480 e. The molecule has 16 heavy (non-hydrogen) atoms. The van der Waals surface area contributed by atoms with Crippen LogP contribution in [0.4, 0.5) is 0 Å². The maximum atomic E-state index is 11.3. The van der Waals surface area contributed by atoms with Crippen molar-refractivity contribution in [2.75, 3.05) is 0 Å². The summed E-state index contributed by atoms with van der Waals surface area (Å²) < 4.78 is 1.40. The lowest BCUT2D eigenvalue weighted by molar-refractivity contribution is -0.137. The molecule has 0 aliphatic rings. The van der Waals surface area contributed by atoms with Crippen LogP contribution in [0.5, 0.6) is 0 Å². The Morgan fingerprint density at radius 3 is 2.88 bits per heavy atom. The molecule has 0 spiro atoms. The summed E-state index contributed by atoms with van der Waals surface area (Å²) in [7, 11) is 0. The van der Waals surface area contributed by atoms with E-state index in [1.807, 2.05) is 0 Å². The highest BCUT2D eigenvalue weighted by atomic mass is 16.4. The molecule has 1 N–H and O–H groups in total. The van der Waals surface area contributed by atoms with E-state index in [1.54, 1.807) is 6.07 Å². The van der Waals surface area contributed by atoms with Crippen LogP contribution in [0.25, 0.3) is 11.0 Å². The number of carboxylic acids is 1. The Kier molecular flexibility index (Phi) is 2.40. The van der Waals surface area contributed by atoms with Crippen LogP contribution in [0, 0.1) is 0 Å². The molecule has 0 saturated heterocycles. The third-order valence-corrected chi connectivity index (χ3v) is 2.23. The fourth-order valence-corrected chi connectivity index (χ4v) is 1.58. The molecule has 0 aromatic carbocycles. The molecule has 0 fully saturated rings. The molecular formula is C10H9N3O3. The van der Waals surface area contributed by atoms with Crippen molar-refractivity contribution in [3.63, 3.8) is 0 Å². The highest BCUT2D eigenvalue weighted by Gasteiger charge is 2.14. The fraction of sp³-hybridized carbons (Fsp3) is 0.200. The van der Waals surface area contributed by atoms with Gasteiger partial charge in [0.1, 0.15) is 6.54 Å². The monoisotopic (exact) mass is 219 g/mol. The second-order valence-electron chi connectivity index (χ2n) is 3.39. The zero-order valence-electron chi connectivity index (χ0n) is 8.54. The fourth-order valence-electron chi connectivity index (χ4n) is 1.58. The number of hydrogen-bond acceptors (Lipinski definition) is 4. The summed E-state index contributed by atoms with van der Waals surface area (Å²) in [5.41, 5.74) is 0.876. The van der Waals surface area contributed by atoms with Gasteiger partial charge in [0, 0.05) is 17.1 Å². The predicted octanol–water partition coefficient (Wildman–Crippen LogP) is 0.718. The molecule has 0 bridgehead atoms. The number of rotatable bonds is 3. The van der Waals surface area contributed by atoms with E-state index in [4.69, 9.17) is 5.11 Å². The number of nitrogens with zero attached hydrogens (tertiary/aromatic N) is 3. The van der Waals surface area contributed by atoms with Crippen LogP contribution in [0.1, 0.15) is 17.3 Å². The number of aromatic nitrogens is 3. The summed E-state index contributed by atoms with van der Waals surface area (Å²) in [5.74, 6) is -1.11. The standard InChI is InChI=1S/C10H9N3O3/c1-6(14)8-4-13(5-9(15)16)10-7(8)2-3-11-12-10/h2-4H,5H2,1H3,(H,15,16). The van der Waals surface area contributed by atoms with Gasteiger partial charge in [0.15, 0.2) is 11.4 Å². The lowest BCUT2D eigenvalue weighted by Crippen LogP contribution is -2.08. The van der Waals surface area contributed by atoms with E-state index in [9.17, 15) is 9.59 Å². The number of carbonyl (C=O) groups excluding carboxylic acids is 1. The lowest BCUT2D eigenvalue weighted by atomic mass is 10.2. The van der Waals surface area contributed by atoms with Crippen molar-refractivity contribution in [2.24, 2.45) is 0 Å². The smallest absolute Gasteiger partial charge is 0.323 e. The van der Waals surface area contributed by atoms with Gasteiger partial charge < -0.3 is 9.67 Å². The van der Waals surface area contributed by atoms with Crippen molar-refractivity contribution in [3.05, 3.63) is 24.0 Å². The van der Waals surface area contributed by atoms with Gasteiger partial charge in [-0.25, -0.2) is 0 Å². The zero-order valence-corrected chi connectivity index (χ0v) is 8.54. The molecule has 0 aliphatic heterocycles. The molecule has 82 valence electrons. The number of fused-ring (bicyclic) bond motifs is 1. The molecule has 2 aromatic heterocycles. The Balaban J connectivity index is 2.66. The summed E-state index contributed by atoms with van der Waals surface area (Å²) in [6.07, 6.45) is 2.97. The Hall–Kier alpha value is -2.24. The van der Waals surface area contributed by atoms with Gasteiger partial charge in [-0.05, 0) is 13.0 Å². The summed E-state index contributed by atoms with van der Waals surface area (Å²) >= 11 is 0. The van der Waals surface area contributed by atoms with Crippen LogP contribution >= 0.6 is 0 Å². The van der Waals surface area contributed by atoms with Gasteiger partial charge in [-0.1, -0.05) is 0 Å². The molecule has 0 atom stereocenters. The molecule has 0 amide bonds. The van der Waals surface area contributed by atoms with E-state index in [1.165, 1.54) is 23.9 Å². The number of aliphatic carboxylic acids is 1. The summed E-state index contributed by atoms with van der Waals surface area (Å²) in [6, 6.07) is 1.65. The average molecular weight is 219 g/mol. The van der Waals surface area contributed by atoms with Gasteiger partial charge in [0.05, 0.1) is 6.20 Å². The Labute approximate surface area is 90.5 Å². The molecule has 2 heterocycles. The van der Waals surface area contributed by atoms with E-state index >= 15 is 0 Å². The summed E-state index contributed by atoms with van der Waals surface area (Å²) in [6.45, 7) is 1.20. The Morgan fingerprint density at radius 1 is 1.50 bits per heavy atom. The third kappa shape index (κ3) is 1.65. The van der Waals surface area contributed by atoms with Gasteiger partial charge in [-0.2, -0.15) is 5.10 Å². The van der Waals surface area contributed by atoms with E-state index in [2.05, 4.69) is 10.2 Å². The molecule has 6 nitrogen and oxygen atoms in total. The van der Waals surface area contributed by atoms with Crippen molar-refractivity contribution >= 4 is 22.8 Å². The van der Waals surface area contributed by atoms with Gasteiger partial charge in [-0.3, -0.25) is 9.59 Å². The average Bonchev–Trinajstić information content (AvgIpc) is 2.57. The number of carbonyl (C=O) groups is 2. The molecule has 6 heteroatoms. The Bertz CT molecular complexity index is 574. The molecule has 0 saturated carbocycles. The molecule has 2 rings (SSSR count). The quantitative estimate of drug-likeness (QED) is 0.768. The molecule has 0 radical (unpaired) electrons. The van der Waals surface area contributed by atoms with E-state index in [-0.39, 0.29) is 12.3 Å². The zero-order chi connectivity index (χ0) is 11.7. The number of carboxylic acid groups (broad SMARTS) is 1. The second-order valence-corrected chi connectivity index (χ2v) is 3.39. The lowest BCUT2D eigenvalue weighted by Gasteiger charge is -1.97. The van der Waals surface area contributed by atoms with Crippen LogP contribution in [0.15, 0.2) is 18.5 Å². The minimum absolute atomic E-state index is 0.123. The molecule has 0 unspecified atom stereocenters. The maximum absolute atomic E-state index is 11.3. The van der Waals surface area contributed by atoms with Crippen LogP contribution < -0.4 is 0 Å². The number of ketones is 1.